The number of halogens is 1. The Labute approximate surface area is 164 Å². The summed E-state index contributed by atoms with van der Waals surface area (Å²) < 4.78 is 0. The summed E-state index contributed by atoms with van der Waals surface area (Å²) in [5.41, 5.74) is 0. The van der Waals surface area contributed by atoms with E-state index in [0.29, 0.717) is 5.78 Å². The molecule has 0 saturated carbocycles. The molecule has 3 rings (SSSR count). The molecule has 0 spiro atoms. The normalized spacial score (nSPS) is 12.5. The second-order valence-electron chi connectivity index (χ2n) is 6.58. The molecule has 0 heterocycles. The molecule has 136 valence electrons. The van der Waals surface area contributed by atoms with Gasteiger partial charge in [0.25, 0.3) is 0 Å². The molecular weight excluding hydrogens is 357 g/mol. The van der Waals surface area contributed by atoms with Gasteiger partial charge in [-0.05, 0) is 56.9 Å². The Balaban J connectivity index is 0.00000243. The first-order valence-electron chi connectivity index (χ1n) is 8.93. The predicted octanol–water partition coefficient (Wildman–Crippen LogP) is 1.28. The maximum atomic E-state index is 2.42. The highest BCUT2D eigenvalue weighted by molar-refractivity contribution is 7.96. The summed E-state index contributed by atoms with van der Waals surface area (Å²) in [6.45, 7) is 2.31. The van der Waals surface area contributed by atoms with E-state index >= 15 is 0 Å². The van der Waals surface area contributed by atoms with Gasteiger partial charge in [-0.15, -0.1) is 0 Å². The Kier molecular flexibility index (Phi) is 7.41. The van der Waals surface area contributed by atoms with Crippen LogP contribution < -0.4 is 28.3 Å². The van der Waals surface area contributed by atoms with Crippen molar-refractivity contribution >= 4 is 23.2 Å². The fourth-order valence-electron chi connectivity index (χ4n) is 3.94. The molecule has 0 N–H and O–H groups in total. The van der Waals surface area contributed by atoms with Crippen LogP contribution in [0.5, 0.6) is 0 Å². The summed E-state index contributed by atoms with van der Waals surface area (Å²) >= 11 is 0. The first-order chi connectivity index (χ1) is 12.2. The second kappa shape index (κ2) is 9.33. The average molecular weight is 384 g/mol. The third-order valence-electron chi connectivity index (χ3n) is 4.90. The first kappa shape index (κ1) is 20.6. The molecule has 3 aromatic rings. The van der Waals surface area contributed by atoms with Crippen LogP contribution in [0.2, 0.25) is 0 Å². The fraction of sp³-hybridized carbons (Fsp3) is 0.217. The number of nitrogens with zero attached hydrogens (tertiary/aromatic N) is 1. The number of rotatable bonds is 6. The molecule has 0 aromatic heterocycles. The lowest BCUT2D eigenvalue weighted by molar-refractivity contribution is -0.00000505. The van der Waals surface area contributed by atoms with Gasteiger partial charge in [0.2, 0.25) is 0 Å². The topological polar surface area (TPSA) is 3.24 Å². The minimum absolute atomic E-state index is 0. The van der Waals surface area contributed by atoms with Crippen molar-refractivity contribution < 1.29 is 12.4 Å². The third-order valence-corrected chi connectivity index (χ3v) is 9.96. The van der Waals surface area contributed by atoms with Crippen LogP contribution in [-0.2, 0) is 0 Å². The van der Waals surface area contributed by atoms with Crippen LogP contribution in [0.3, 0.4) is 0 Å². The third kappa shape index (κ3) is 3.71. The number of hydrogen-bond acceptors (Lipinski definition) is 1. The average Bonchev–Trinajstić information content (AvgIpc) is 2.68. The Morgan fingerprint density at radius 2 is 0.962 bits per heavy atom. The van der Waals surface area contributed by atoms with Crippen LogP contribution in [0, 0.1) is 0 Å². The van der Waals surface area contributed by atoms with Gasteiger partial charge < -0.3 is 12.4 Å². The van der Waals surface area contributed by atoms with Crippen molar-refractivity contribution in [3.8, 4) is 0 Å². The van der Waals surface area contributed by atoms with Gasteiger partial charge in [0.05, 0.1) is 0 Å². The Hall–Kier alpha value is -1.66. The molecule has 0 aliphatic heterocycles. The number of benzene rings is 3. The van der Waals surface area contributed by atoms with Gasteiger partial charge in [-0.25, -0.2) is 0 Å². The van der Waals surface area contributed by atoms with Gasteiger partial charge in [0, 0.05) is 0 Å². The van der Waals surface area contributed by atoms with E-state index in [-0.39, 0.29) is 12.4 Å². The SMILES string of the molecule is CCC(N(C)C)[P+](c1ccccc1)(c1ccccc1)c1ccccc1.[Cl-]. The molecule has 0 aliphatic carbocycles. The summed E-state index contributed by atoms with van der Waals surface area (Å²) in [6.07, 6.45) is 1.11. The van der Waals surface area contributed by atoms with Crippen LogP contribution in [0.4, 0.5) is 0 Å². The summed E-state index contributed by atoms with van der Waals surface area (Å²) in [5, 5.41) is 4.36. The molecular formula is C23H27ClNP. The lowest BCUT2D eigenvalue weighted by Gasteiger charge is -2.37. The van der Waals surface area contributed by atoms with Crippen LogP contribution in [0.25, 0.3) is 0 Å². The Bertz CT molecular complexity index is 678. The van der Waals surface area contributed by atoms with E-state index in [1.54, 1.807) is 0 Å². The minimum atomic E-state index is -1.79. The van der Waals surface area contributed by atoms with Crippen molar-refractivity contribution in [2.24, 2.45) is 0 Å². The van der Waals surface area contributed by atoms with Crippen molar-refractivity contribution in [2.75, 3.05) is 14.1 Å². The summed E-state index contributed by atoms with van der Waals surface area (Å²) in [4.78, 5) is 2.42. The second-order valence-corrected chi connectivity index (χ2v) is 10.2. The summed E-state index contributed by atoms with van der Waals surface area (Å²) in [7, 11) is 2.65. The van der Waals surface area contributed by atoms with Gasteiger partial charge in [0.15, 0.2) is 0 Å². The molecule has 0 bridgehead atoms. The summed E-state index contributed by atoms with van der Waals surface area (Å²) in [6, 6.07) is 33.3. The molecule has 0 fully saturated rings. The molecule has 0 aliphatic rings. The lowest BCUT2D eigenvalue weighted by atomic mass is 10.3. The lowest BCUT2D eigenvalue weighted by Crippen LogP contribution is -3.00. The van der Waals surface area contributed by atoms with Gasteiger partial charge in [-0.2, -0.15) is 0 Å². The van der Waals surface area contributed by atoms with E-state index in [4.69, 9.17) is 0 Å². The predicted molar refractivity (Wildman–Crippen MR) is 113 cm³/mol. The highest BCUT2D eigenvalue weighted by Gasteiger charge is 2.52. The molecule has 1 nitrogen and oxygen atoms in total. The van der Waals surface area contributed by atoms with Crippen molar-refractivity contribution in [1.29, 1.82) is 0 Å². The zero-order chi connectivity index (χ0) is 17.7. The van der Waals surface area contributed by atoms with E-state index in [0.717, 1.165) is 6.42 Å². The molecule has 3 aromatic carbocycles. The van der Waals surface area contributed by atoms with Crippen LogP contribution in [0.15, 0.2) is 91.0 Å². The zero-order valence-corrected chi connectivity index (χ0v) is 17.4. The standard InChI is InChI=1S/C23H27NP.ClH/c1-4-23(24(2)3)25(20-14-8-5-9-15-20,21-16-10-6-11-17-21)22-18-12-7-13-19-22;/h5-19,23H,4H2,1-3H3;1H/q+1;/p-1. The van der Waals surface area contributed by atoms with E-state index in [1.807, 2.05) is 0 Å². The fourth-order valence-corrected chi connectivity index (χ4v) is 9.03. The molecule has 3 heteroatoms. The molecule has 26 heavy (non-hydrogen) atoms. The number of hydrogen-bond donors (Lipinski definition) is 0. The quantitative estimate of drug-likeness (QED) is 0.580. The molecule has 0 amide bonds. The Morgan fingerprint density at radius 1 is 0.654 bits per heavy atom. The van der Waals surface area contributed by atoms with Crippen molar-refractivity contribution in [1.82, 2.24) is 4.90 Å². The maximum absolute atomic E-state index is 2.42. The monoisotopic (exact) mass is 383 g/mol. The van der Waals surface area contributed by atoms with Gasteiger partial charge >= 0.3 is 0 Å². The largest absolute Gasteiger partial charge is 1.00 e. The van der Waals surface area contributed by atoms with Crippen LogP contribution in [-0.4, -0.2) is 24.8 Å². The highest BCUT2D eigenvalue weighted by Crippen LogP contribution is 2.61. The zero-order valence-electron chi connectivity index (χ0n) is 15.7. The van der Waals surface area contributed by atoms with Crippen LogP contribution >= 0.6 is 7.26 Å². The van der Waals surface area contributed by atoms with Gasteiger partial charge in [-0.1, -0.05) is 61.5 Å². The smallest absolute Gasteiger partial charge is 0.135 e. The van der Waals surface area contributed by atoms with Gasteiger partial charge in [-0.3, -0.25) is 4.90 Å². The molecule has 1 atom stereocenters. The minimum Gasteiger partial charge on any atom is -1.00 e. The maximum Gasteiger partial charge on any atom is 0.135 e. The first-order valence-corrected chi connectivity index (χ1v) is 10.8. The van der Waals surface area contributed by atoms with E-state index < -0.39 is 7.26 Å². The van der Waals surface area contributed by atoms with E-state index in [2.05, 4.69) is 117 Å². The molecule has 0 radical (unpaired) electrons. The molecule has 0 saturated heterocycles. The van der Waals surface area contributed by atoms with E-state index in [9.17, 15) is 0 Å². The van der Waals surface area contributed by atoms with Crippen molar-refractivity contribution in [2.45, 2.75) is 19.1 Å². The van der Waals surface area contributed by atoms with Crippen molar-refractivity contribution in [3.05, 3.63) is 91.0 Å². The highest BCUT2D eigenvalue weighted by atomic mass is 35.5. The Morgan fingerprint density at radius 3 is 1.19 bits per heavy atom. The van der Waals surface area contributed by atoms with Crippen LogP contribution in [0.1, 0.15) is 13.3 Å². The van der Waals surface area contributed by atoms with Gasteiger partial charge in [0.1, 0.15) is 29.0 Å². The molecule has 1 unspecified atom stereocenters. The summed E-state index contributed by atoms with van der Waals surface area (Å²) in [5.74, 6) is 0.458. The van der Waals surface area contributed by atoms with Crippen molar-refractivity contribution in [3.63, 3.8) is 0 Å². The van der Waals surface area contributed by atoms with E-state index in [1.165, 1.54) is 15.9 Å².